The van der Waals surface area contributed by atoms with Gasteiger partial charge in [-0.05, 0) is 12.8 Å². The Hall–Kier alpha value is -0.710. The maximum absolute atomic E-state index is 12.0. The lowest BCUT2D eigenvalue weighted by molar-refractivity contribution is -0.144. The molecule has 0 heterocycles. The minimum absolute atomic E-state index is 0.106. The van der Waals surface area contributed by atoms with Gasteiger partial charge < -0.3 is 9.47 Å². The topological polar surface area (TPSA) is 52.6 Å². The van der Waals surface area contributed by atoms with Crippen LogP contribution in [0.25, 0.3) is 0 Å². The average Bonchev–Trinajstić information content (AvgIpc) is 3.10. The molecule has 5 heteroatoms. The molecule has 0 aromatic carbocycles. The summed E-state index contributed by atoms with van der Waals surface area (Å²) >= 11 is 1.64. The molecular formula is C44H86O4S. The molecule has 0 spiro atoms. The van der Waals surface area contributed by atoms with E-state index in [1.165, 1.54) is 193 Å². The number of carbonyl (C=O) groups excluding carboxylic acids is 2. The summed E-state index contributed by atoms with van der Waals surface area (Å²) in [6.45, 7) is 5.67. The number of ether oxygens (including phenoxy) is 2. The van der Waals surface area contributed by atoms with Gasteiger partial charge in [0.1, 0.15) is 0 Å². The Kier molecular flexibility index (Phi) is 42.8. The highest BCUT2D eigenvalue weighted by Gasteiger charge is 2.06. The van der Waals surface area contributed by atoms with Crippen LogP contribution in [0.1, 0.15) is 245 Å². The van der Waals surface area contributed by atoms with Crippen LogP contribution in [0.4, 0.5) is 0 Å². The third-order valence-corrected chi connectivity index (χ3v) is 10.9. The van der Waals surface area contributed by atoms with Crippen molar-refractivity contribution >= 4 is 23.7 Å². The van der Waals surface area contributed by atoms with E-state index >= 15 is 0 Å². The predicted molar refractivity (Wildman–Crippen MR) is 217 cm³/mol. The first kappa shape index (κ1) is 48.3. The number of hydrogen-bond acceptors (Lipinski definition) is 5. The van der Waals surface area contributed by atoms with Crippen LogP contribution in [-0.2, 0) is 19.1 Å². The first-order valence-electron chi connectivity index (χ1n) is 22.1. The molecule has 0 aliphatic carbocycles. The zero-order valence-electron chi connectivity index (χ0n) is 33.3. The van der Waals surface area contributed by atoms with Crippen molar-refractivity contribution in [3.63, 3.8) is 0 Å². The standard InChI is InChI=1S/C44H86O4S/c1-3-5-7-9-11-13-15-17-19-21-23-25-27-29-31-33-35-39-47-43(45)37-41-49-42-38-44(46)48-40-36-34-32-30-28-26-24-22-20-18-16-14-12-10-8-6-4-2/h3-42H2,1-2H3. The van der Waals surface area contributed by atoms with Crippen molar-refractivity contribution < 1.29 is 19.1 Å². The molecule has 0 aliphatic heterocycles. The van der Waals surface area contributed by atoms with E-state index in [1.807, 2.05) is 0 Å². The molecule has 0 amide bonds. The summed E-state index contributed by atoms with van der Waals surface area (Å²) in [5, 5.41) is 0. The molecule has 4 nitrogen and oxygen atoms in total. The van der Waals surface area contributed by atoms with E-state index in [4.69, 9.17) is 9.47 Å². The summed E-state index contributed by atoms with van der Waals surface area (Å²) in [4.78, 5) is 24.0. The number of hydrogen-bond donors (Lipinski definition) is 0. The zero-order chi connectivity index (χ0) is 35.6. The summed E-state index contributed by atoms with van der Waals surface area (Å²) < 4.78 is 10.8. The van der Waals surface area contributed by atoms with Crippen LogP contribution < -0.4 is 0 Å². The van der Waals surface area contributed by atoms with Gasteiger partial charge in [-0.1, -0.05) is 219 Å². The van der Waals surface area contributed by atoms with Gasteiger partial charge in [0, 0.05) is 11.5 Å². The highest BCUT2D eigenvalue weighted by Crippen LogP contribution is 2.16. The lowest BCUT2D eigenvalue weighted by Crippen LogP contribution is -2.09. The molecule has 0 radical (unpaired) electrons. The summed E-state index contributed by atoms with van der Waals surface area (Å²) in [5.41, 5.74) is 0. The minimum Gasteiger partial charge on any atom is -0.466 e. The molecule has 0 aromatic rings. The van der Waals surface area contributed by atoms with E-state index in [0.717, 1.165) is 25.7 Å². The fourth-order valence-electron chi connectivity index (χ4n) is 6.58. The van der Waals surface area contributed by atoms with Crippen molar-refractivity contribution in [3.05, 3.63) is 0 Å². The lowest BCUT2D eigenvalue weighted by Gasteiger charge is -2.06. The van der Waals surface area contributed by atoms with E-state index in [-0.39, 0.29) is 11.9 Å². The third-order valence-electron chi connectivity index (χ3n) is 9.92. The van der Waals surface area contributed by atoms with E-state index in [0.29, 0.717) is 37.6 Å². The van der Waals surface area contributed by atoms with Gasteiger partial charge in [0.25, 0.3) is 0 Å². The minimum atomic E-state index is -0.106. The second-order valence-corrected chi connectivity index (χ2v) is 16.1. The zero-order valence-corrected chi connectivity index (χ0v) is 34.1. The van der Waals surface area contributed by atoms with Crippen LogP contribution in [0.3, 0.4) is 0 Å². The number of esters is 2. The largest absolute Gasteiger partial charge is 0.466 e. The maximum Gasteiger partial charge on any atom is 0.306 e. The number of carbonyl (C=O) groups is 2. The van der Waals surface area contributed by atoms with Gasteiger partial charge in [-0.25, -0.2) is 0 Å². The van der Waals surface area contributed by atoms with Crippen molar-refractivity contribution in [1.29, 1.82) is 0 Å². The number of thioether (sulfide) groups is 1. The Morgan fingerprint density at radius 2 is 0.531 bits per heavy atom. The average molecular weight is 711 g/mol. The lowest BCUT2D eigenvalue weighted by atomic mass is 10.0. The fourth-order valence-corrected chi connectivity index (χ4v) is 7.41. The maximum atomic E-state index is 12.0. The first-order valence-corrected chi connectivity index (χ1v) is 23.2. The van der Waals surface area contributed by atoms with Crippen LogP contribution in [-0.4, -0.2) is 36.7 Å². The summed E-state index contributed by atoms with van der Waals surface area (Å²) in [5.74, 6) is 1.21. The van der Waals surface area contributed by atoms with Crippen LogP contribution in [0.2, 0.25) is 0 Å². The molecular weight excluding hydrogens is 625 g/mol. The second-order valence-electron chi connectivity index (χ2n) is 14.9. The predicted octanol–water partition coefficient (Wildman–Crippen LogP) is 14.9. The molecule has 0 fully saturated rings. The van der Waals surface area contributed by atoms with Crippen LogP contribution in [0.15, 0.2) is 0 Å². The molecule has 0 aromatic heterocycles. The molecule has 0 saturated heterocycles. The number of unbranched alkanes of at least 4 members (excludes halogenated alkanes) is 32. The van der Waals surface area contributed by atoms with Crippen molar-refractivity contribution in [2.75, 3.05) is 24.7 Å². The Balaban J connectivity index is 3.24. The molecule has 0 N–H and O–H groups in total. The van der Waals surface area contributed by atoms with Gasteiger partial charge in [0.2, 0.25) is 0 Å². The van der Waals surface area contributed by atoms with Crippen LogP contribution in [0, 0.1) is 0 Å². The Morgan fingerprint density at radius 3 is 0.755 bits per heavy atom. The van der Waals surface area contributed by atoms with E-state index < -0.39 is 0 Å². The second kappa shape index (κ2) is 43.5. The van der Waals surface area contributed by atoms with Gasteiger partial charge in [-0.15, -0.1) is 0 Å². The number of rotatable bonds is 42. The molecule has 0 bridgehead atoms. The highest BCUT2D eigenvalue weighted by atomic mass is 32.2. The SMILES string of the molecule is CCCCCCCCCCCCCCCCCCCOC(=O)CCSCCC(=O)OCCCCCCCCCCCCCCCCCCC. The smallest absolute Gasteiger partial charge is 0.306 e. The molecule has 292 valence electrons. The monoisotopic (exact) mass is 711 g/mol. The van der Waals surface area contributed by atoms with E-state index in [1.54, 1.807) is 11.8 Å². The Morgan fingerprint density at radius 1 is 0.327 bits per heavy atom. The quantitative estimate of drug-likeness (QED) is 0.0466. The Bertz CT molecular complexity index is 601. The van der Waals surface area contributed by atoms with Gasteiger partial charge >= 0.3 is 11.9 Å². The van der Waals surface area contributed by atoms with Gasteiger partial charge in [-0.2, -0.15) is 11.8 Å². The first-order chi connectivity index (χ1) is 24.2. The third kappa shape index (κ3) is 43.4. The summed E-state index contributed by atoms with van der Waals surface area (Å²) in [6.07, 6.45) is 46.9. The molecule has 0 aliphatic rings. The molecule has 0 rings (SSSR count). The molecule has 0 saturated carbocycles. The normalized spacial score (nSPS) is 11.3. The van der Waals surface area contributed by atoms with Gasteiger partial charge in [0.15, 0.2) is 0 Å². The summed E-state index contributed by atoms with van der Waals surface area (Å²) in [7, 11) is 0. The van der Waals surface area contributed by atoms with E-state index in [9.17, 15) is 9.59 Å². The van der Waals surface area contributed by atoms with Crippen molar-refractivity contribution in [2.24, 2.45) is 0 Å². The van der Waals surface area contributed by atoms with Crippen molar-refractivity contribution in [2.45, 2.75) is 245 Å². The fraction of sp³-hybridized carbons (Fsp3) is 0.955. The Labute approximate surface area is 311 Å². The molecule has 49 heavy (non-hydrogen) atoms. The van der Waals surface area contributed by atoms with Crippen molar-refractivity contribution in [1.82, 2.24) is 0 Å². The molecule has 0 atom stereocenters. The highest BCUT2D eigenvalue weighted by molar-refractivity contribution is 7.99. The molecule has 0 unspecified atom stereocenters. The van der Waals surface area contributed by atoms with Gasteiger partial charge in [0.05, 0.1) is 26.1 Å². The summed E-state index contributed by atoms with van der Waals surface area (Å²) in [6, 6.07) is 0. The van der Waals surface area contributed by atoms with Crippen LogP contribution in [0.5, 0.6) is 0 Å². The van der Waals surface area contributed by atoms with Crippen molar-refractivity contribution in [3.8, 4) is 0 Å². The van der Waals surface area contributed by atoms with E-state index in [2.05, 4.69) is 13.8 Å². The van der Waals surface area contributed by atoms with Gasteiger partial charge in [-0.3, -0.25) is 9.59 Å². The van der Waals surface area contributed by atoms with Crippen LogP contribution >= 0.6 is 11.8 Å².